The minimum atomic E-state index is -0.730. The predicted octanol–water partition coefficient (Wildman–Crippen LogP) is 0.126. The molecule has 2 heterocycles. The van der Waals surface area contributed by atoms with Crippen molar-refractivity contribution in [3.05, 3.63) is 23.3 Å². The van der Waals surface area contributed by atoms with E-state index in [0.29, 0.717) is 29.9 Å². The zero-order valence-corrected chi connectivity index (χ0v) is 10.7. The van der Waals surface area contributed by atoms with E-state index in [2.05, 4.69) is 5.32 Å². The maximum atomic E-state index is 12.2. The molecule has 0 radical (unpaired) electrons. The van der Waals surface area contributed by atoms with Gasteiger partial charge in [-0.2, -0.15) is 0 Å². The summed E-state index contributed by atoms with van der Waals surface area (Å²) in [6.45, 7) is 0.152. The molecule has 2 aliphatic heterocycles. The van der Waals surface area contributed by atoms with E-state index in [9.17, 15) is 15.0 Å². The molecule has 0 saturated heterocycles. The van der Waals surface area contributed by atoms with Crippen LogP contribution in [0, 0.1) is 0 Å². The van der Waals surface area contributed by atoms with Crippen molar-refractivity contribution in [3.63, 3.8) is 0 Å². The average molecular weight is 277 g/mol. The third-order valence-electron chi connectivity index (χ3n) is 4.37. The van der Waals surface area contributed by atoms with E-state index in [0.717, 1.165) is 5.56 Å². The molecule has 0 unspecified atom stereocenters. The molecule has 1 aromatic carbocycles. The molecule has 106 valence electrons. The Morgan fingerprint density at radius 1 is 1.15 bits per heavy atom. The summed E-state index contributed by atoms with van der Waals surface area (Å²) in [4.78, 5) is 12.2. The van der Waals surface area contributed by atoms with Crippen molar-refractivity contribution >= 4 is 5.91 Å². The summed E-state index contributed by atoms with van der Waals surface area (Å²) in [5, 5.41) is 22.8. The van der Waals surface area contributed by atoms with Gasteiger partial charge < -0.3 is 25.0 Å². The molecule has 1 aliphatic carbocycles. The van der Waals surface area contributed by atoms with E-state index >= 15 is 0 Å². The van der Waals surface area contributed by atoms with Crippen molar-refractivity contribution in [3.8, 4) is 11.5 Å². The maximum Gasteiger partial charge on any atom is 0.252 e. The SMILES string of the molecule is O=C1N[C@H]2[C@H](O)C[C@@H](O)C[C@@H]2c2cc3c(cc21)OCO3. The molecule has 0 bridgehead atoms. The van der Waals surface area contributed by atoms with Gasteiger partial charge in [0.15, 0.2) is 11.5 Å². The van der Waals surface area contributed by atoms with E-state index in [1.807, 2.05) is 0 Å². The molecule has 6 nitrogen and oxygen atoms in total. The number of hydrogen-bond acceptors (Lipinski definition) is 5. The Hall–Kier alpha value is -1.79. The lowest BCUT2D eigenvalue weighted by Crippen LogP contribution is -2.55. The molecule has 3 N–H and O–H groups in total. The fourth-order valence-electron chi connectivity index (χ4n) is 3.44. The first-order chi connectivity index (χ1) is 9.63. The Morgan fingerprint density at radius 2 is 1.90 bits per heavy atom. The number of rotatable bonds is 0. The van der Waals surface area contributed by atoms with Crippen LogP contribution in [0.4, 0.5) is 0 Å². The Labute approximate surface area is 115 Å². The Kier molecular flexibility index (Phi) is 2.46. The summed E-state index contributed by atoms with van der Waals surface area (Å²) in [5.74, 6) is 0.868. The van der Waals surface area contributed by atoms with Gasteiger partial charge >= 0.3 is 0 Å². The molecule has 1 fully saturated rings. The first-order valence-corrected chi connectivity index (χ1v) is 6.74. The fourth-order valence-corrected chi connectivity index (χ4v) is 3.44. The first kappa shape index (κ1) is 12.0. The highest BCUT2D eigenvalue weighted by Crippen LogP contribution is 2.43. The molecule has 0 aromatic heterocycles. The van der Waals surface area contributed by atoms with Gasteiger partial charge in [0.25, 0.3) is 5.91 Å². The molecule has 20 heavy (non-hydrogen) atoms. The molecule has 0 spiro atoms. The standard InChI is InChI=1S/C14H15NO5/c16-6-1-8-7-3-11-12(20-5-19-11)4-9(7)14(18)15-13(8)10(17)2-6/h3-4,6,8,10,13,16-17H,1-2,5H2,(H,15,18)/t6-,8+,10+,13+/m0/s1. The number of ether oxygens (including phenoxy) is 2. The van der Waals surface area contributed by atoms with Crippen molar-refractivity contribution < 1.29 is 24.5 Å². The minimum absolute atomic E-state index is 0.101. The third kappa shape index (κ3) is 1.61. The van der Waals surface area contributed by atoms with Gasteiger partial charge in [0.05, 0.1) is 18.2 Å². The van der Waals surface area contributed by atoms with Gasteiger partial charge in [0.2, 0.25) is 6.79 Å². The number of fused-ring (bicyclic) bond motifs is 4. The summed E-state index contributed by atoms with van der Waals surface area (Å²) in [6, 6.07) is 3.13. The van der Waals surface area contributed by atoms with Gasteiger partial charge in [-0.25, -0.2) is 0 Å². The second kappa shape index (κ2) is 4.10. The monoisotopic (exact) mass is 277 g/mol. The number of carbonyl (C=O) groups is 1. The van der Waals surface area contributed by atoms with Gasteiger partial charge in [-0.1, -0.05) is 0 Å². The van der Waals surface area contributed by atoms with Gasteiger partial charge in [0, 0.05) is 17.9 Å². The van der Waals surface area contributed by atoms with Crippen molar-refractivity contribution in [2.75, 3.05) is 6.79 Å². The zero-order chi connectivity index (χ0) is 13.9. The van der Waals surface area contributed by atoms with Crippen LogP contribution < -0.4 is 14.8 Å². The molecule has 3 aliphatic rings. The number of nitrogens with one attached hydrogen (secondary N) is 1. The fraction of sp³-hybridized carbons (Fsp3) is 0.500. The Bertz CT molecular complexity index is 587. The van der Waals surface area contributed by atoms with Crippen molar-refractivity contribution in [1.82, 2.24) is 5.32 Å². The number of amides is 1. The van der Waals surface area contributed by atoms with Gasteiger partial charge in [-0.15, -0.1) is 0 Å². The minimum Gasteiger partial charge on any atom is -0.454 e. The van der Waals surface area contributed by atoms with Crippen LogP contribution in [0.15, 0.2) is 12.1 Å². The van der Waals surface area contributed by atoms with Gasteiger partial charge in [-0.3, -0.25) is 4.79 Å². The van der Waals surface area contributed by atoms with Crippen LogP contribution in [0.3, 0.4) is 0 Å². The summed E-state index contributed by atoms with van der Waals surface area (Å²) in [5.41, 5.74) is 1.36. The lowest BCUT2D eigenvalue weighted by molar-refractivity contribution is 0.00330. The lowest BCUT2D eigenvalue weighted by Gasteiger charge is -2.42. The van der Waals surface area contributed by atoms with E-state index in [1.54, 1.807) is 12.1 Å². The normalized spacial score (nSPS) is 34.2. The number of aliphatic hydroxyl groups is 2. The quantitative estimate of drug-likeness (QED) is 0.627. The molecule has 4 rings (SSSR count). The number of benzene rings is 1. The number of carbonyl (C=O) groups excluding carboxylic acids is 1. The van der Waals surface area contributed by atoms with Crippen molar-refractivity contribution in [2.24, 2.45) is 0 Å². The Morgan fingerprint density at radius 3 is 2.70 bits per heavy atom. The number of aliphatic hydroxyl groups excluding tert-OH is 2. The van der Waals surface area contributed by atoms with Crippen LogP contribution in [0.5, 0.6) is 11.5 Å². The van der Waals surface area contributed by atoms with E-state index in [-0.39, 0.29) is 24.7 Å². The maximum absolute atomic E-state index is 12.2. The summed E-state index contributed by atoms with van der Waals surface area (Å²) in [6.07, 6.45) is -0.471. The lowest BCUT2D eigenvalue weighted by atomic mass is 9.73. The highest BCUT2D eigenvalue weighted by molar-refractivity contribution is 5.98. The van der Waals surface area contributed by atoms with Gasteiger partial charge in [0.1, 0.15) is 0 Å². The summed E-state index contributed by atoms with van der Waals surface area (Å²) < 4.78 is 10.6. The summed E-state index contributed by atoms with van der Waals surface area (Å²) in [7, 11) is 0. The van der Waals surface area contributed by atoms with Crippen LogP contribution in [-0.2, 0) is 0 Å². The van der Waals surface area contributed by atoms with Crippen LogP contribution in [-0.4, -0.2) is 41.2 Å². The largest absolute Gasteiger partial charge is 0.454 e. The second-order valence-corrected chi connectivity index (χ2v) is 5.59. The molecule has 1 amide bonds. The van der Waals surface area contributed by atoms with Crippen LogP contribution >= 0.6 is 0 Å². The highest BCUT2D eigenvalue weighted by atomic mass is 16.7. The van der Waals surface area contributed by atoms with Crippen LogP contribution in [0.25, 0.3) is 0 Å². The molecular formula is C14H15NO5. The van der Waals surface area contributed by atoms with Crippen molar-refractivity contribution in [1.29, 1.82) is 0 Å². The smallest absolute Gasteiger partial charge is 0.252 e. The second-order valence-electron chi connectivity index (χ2n) is 5.59. The molecule has 1 saturated carbocycles. The summed E-state index contributed by atoms with van der Waals surface area (Å²) >= 11 is 0. The van der Waals surface area contributed by atoms with Crippen LogP contribution in [0.1, 0.15) is 34.7 Å². The molecule has 4 atom stereocenters. The van der Waals surface area contributed by atoms with E-state index in [4.69, 9.17) is 9.47 Å². The molecular weight excluding hydrogens is 262 g/mol. The van der Waals surface area contributed by atoms with Crippen LogP contribution in [0.2, 0.25) is 0 Å². The van der Waals surface area contributed by atoms with Gasteiger partial charge in [-0.05, 0) is 24.1 Å². The number of hydrogen-bond donors (Lipinski definition) is 3. The van der Waals surface area contributed by atoms with E-state index in [1.165, 1.54) is 0 Å². The highest BCUT2D eigenvalue weighted by Gasteiger charge is 2.43. The van der Waals surface area contributed by atoms with E-state index < -0.39 is 12.2 Å². The predicted molar refractivity (Wildman–Crippen MR) is 67.8 cm³/mol. The molecule has 1 aromatic rings. The van der Waals surface area contributed by atoms with Crippen molar-refractivity contribution in [2.45, 2.75) is 37.0 Å². The average Bonchev–Trinajstić information content (AvgIpc) is 2.86. The zero-order valence-electron chi connectivity index (χ0n) is 10.7. The molecule has 6 heteroatoms. The third-order valence-corrected chi connectivity index (χ3v) is 4.37. The topological polar surface area (TPSA) is 88.0 Å². The Balaban J connectivity index is 1.83. The first-order valence-electron chi connectivity index (χ1n) is 6.74.